The SMILES string of the molecule is CC1(C)Cc2ccc(N/N=C(\C#N)C(=N)N)cc2C(=O)N1. The van der Waals surface area contributed by atoms with Crippen molar-refractivity contribution in [1.82, 2.24) is 5.32 Å². The molecule has 1 aliphatic heterocycles. The van der Waals surface area contributed by atoms with Gasteiger partial charge in [0.1, 0.15) is 6.07 Å². The maximum Gasteiger partial charge on any atom is 0.252 e. The van der Waals surface area contributed by atoms with Gasteiger partial charge >= 0.3 is 0 Å². The number of anilines is 1. The Kier molecular flexibility index (Phi) is 3.63. The number of carbonyl (C=O) groups excluding carboxylic acids is 1. The molecule has 0 aromatic heterocycles. The lowest BCUT2D eigenvalue weighted by Crippen LogP contribution is -2.49. The zero-order valence-electron chi connectivity index (χ0n) is 11.8. The summed E-state index contributed by atoms with van der Waals surface area (Å²) in [6, 6.07) is 7.00. The molecule has 0 atom stereocenters. The molecule has 5 N–H and O–H groups in total. The van der Waals surface area contributed by atoms with Crippen LogP contribution in [0.15, 0.2) is 23.3 Å². The Morgan fingerprint density at radius 2 is 2.29 bits per heavy atom. The van der Waals surface area contributed by atoms with Gasteiger partial charge in [-0.2, -0.15) is 10.4 Å². The summed E-state index contributed by atoms with van der Waals surface area (Å²) in [5.41, 5.74) is 9.46. The van der Waals surface area contributed by atoms with E-state index in [0.29, 0.717) is 11.3 Å². The second-order valence-corrected chi connectivity index (χ2v) is 5.48. The summed E-state index contributed by atoms with van der Waals surface area (Å²) in [5, 5.41) is 22.6. The first kappa shape index (κ1) is 14.5. The van der Waals surface area contributed by atoms with Crippen molar-refractivity contribution in [3.63, 3.8) is 0 Å². The number of carbonyl (C=O) groups is 1. The lowest BCUT2D eigenvalue weighted by molar-refractivity contribution is 0.0897. The minimum atomic E-state index is -0.414. The zero-order valence-corrected chi connectivity index (χ0v) is 11.8. The summed E-state index contributed by atoms with van der Waals surface area (Å²) in [6.45, 7) is 3.94. The van der Waals surface area contributed by atoms with Crippen LogP contribution in [0.2, 0.25) is 0 Å². The molecule has 0 radical (unpaired) electrons. The molecule has 7 heteroatoms. The fraction of sp³-hybridized carbons (Fsp3) is 0.286. The van der Waals surface area contributed by atoms with E-state index in [0.717, 1.165) is 12.0 Å². The summed E-state index contributed by atoms with van der Waals surface area (Å²) in [6.07, 6.45) is 0.745. The maximum atomic E-state index is 12.1. The van der Waals surface area contributed by atoms with E-state index in [1.165, 1.54) is 0 Å². The molecule has 0 spiro atoms. The quantitative estimate of drug-likeness (QED) is 0.375. The van der Waals surface area contributed by atoms with Crippen molar-refractivity contribution in [3.05, 3.63) is 29.3 Å². The van der Waals surface area contributed by atoms with Gasteiger partial charge in [0.2, 0.25) is 5.71 Å². The van der Waals surface area contributed by atoms with Gasteiger partial charge in [-0.1, -0.05) is 6.07 Å². The lowest BCUT2D eigenvalue weighted by atomic mass is 9.87. The number of nitrogens with one attached hydrogen (secondary N) is 3. The van der Waals surface area contributed by atoms with Gasteiger partial charge in [0.15, 0.2) is 5.84 Å². The molecule has 21 heavy (non-hydrogen) atoms. The predicted octanol–water partition coefficient (Wildman–Crippen LogP) is 0.979. The van der Waals surface area contributed by atoms with Crippen LogP contribution in [0, 0.1) is 16.7 Å². The van der Waals surface area contributed by atoms with Gasteiger partial charge in [-0.15, -0.1) is 0 Å². The van der Waals surface area contributed by atoms with Crippen molar-refractivity contribution >= 4 is 23.1 Å². The summed E-state index contributed by atoms with van der Waals surface area (Å²) in [5.74, 6) is -0.552. The van der Waals surface area contributed by atoms with Crippen LogP contribution in [-0.2, 0) is 6.42 Å². The number of amides is 1. The van der Waals surface area contributed by atoms with Crippen LogP contribution in [0.4, 0.5) is 5.69 Å². The average molecular weight is 284 g/mol. The van der Waals surface area contributed by atoms with Crippen LogP contribution in [0.3, 0.4) is 0 Å². The van der Waals surface area contributed by atoms with Crippen molar-refractivity contribution in [2.75, 3.05) is 5.43 Å². The van der Waals surface area contributed by atoms with Crippen molar-refractivity contribution in [2.24, 2.45) is 10.8 Å². The fourth-order valence-electron chi connectivity index (χ4n) is 2.17. The number of hydrazone groups is 1. The summed E-state index contributed by atoms with van der Waals surface area (Å²) >= 11 is 0. The van der Waals surface area contributed by atoms with E-state index in [1.54, 1.807) is 18.2 Å². The number of rotatable bonds is 3. The third kappa shape index (κ3) is 3.17. The second kappa shape index (κ2) is 5.25. The molecule has 0 fully saturated rings. The van der Waals surface area contributed by atoms with Crippen LogP contribution < -0.4 is 16.5 Å². The Hall–Kier alpha value is -2.88. The van der Waals surface area contributed by atoms with Gasteiger partial charge in [0, 0.05) is 11.1 Å². The molecule has 0 saturated heterocycles. The largest absolute Gasteiger partial charge is 0.382 e. The van der Waals surface area contributed by atoms with E-state index in [1.807, 2.05) is 19.9 Å². The van der Waals surface area contributed by atoms with E-state index in [4.69, 9.17) is 16.4 Å². The molecular formula is C14H16N6O. The van der Waals surface area contributed by atoms with Crippen LogP contribution in [0.5, 0.6) is 0 Å². The smallest absolute Gasteiger partial charge is 0.252 e. The summed E-state index contributed by atoms with van der Waals surface area (Å²) in [4.78, 5) is 12.1. The average Bonchev–Trinajstić information content (AvgIpc) is 2.38. The number of hydrogen-bond acceptors (Lipinski definition) is 5. The first-order valence-corrected chi connectivity index (χ1v) is 6.36. The topological polar surface area (TPSA) is 127 Å². The van der Waals surface area contributed by atoms with Crippen molar-refractivity contribution in [1.29, 1.82) is 10.7 Å². The van der Waals surface area contributed by atoms with Gasteiger partial charge in [0.05, 0.1) is 5.69 Å². The molecule has 1 aromatic carbocycles. The van der Waals surface area contributed by atoms with Gasteiger partial charge in [-0.3, -0.25) is 15.6 Å². The number of nitrogens with zero attached hydrogens (tertiary/aromatic N) is 2. The normalized spacial score (nSPS) is 16.4. The summed E-state index contributed by atoms with van der Waals surface area (Å²) in [7, 11) is 0. The van der Waals surface area contributed by atoms with E-state index in [-0.39, 0.29) is 17.2 Å². The molecule has 1 heterocycles. The molecule has 7 nitrogen and oxygen atoms in total. The Morgan fingerprint density at radius 3 is 2.90 bits per heavy atom. The van der Waals surface area contributed by atoms with Crippen LogP contribution in [-0.4, -0.2) is 23.0 Å². The molecule has 1 amide bonds. The van der Waals surface area contributed by atoms with E-state index < -0.39 is 5.84 Å². The Morgan fingerprint density at radius 1 is 1.57 bits per heavy atom. The zero-order chi connectivity index (χ0) is 15.6. The van der Waals surface area contributed by atoms with Crippen molar-refractivity contribution in [3.8, 4) is 6.07 Å². The van der Waals surface area contributed by atoms with E-state index in [2.05, 4.69) is 15.8 Å². The number of amidine groups is 1. The Labute approximate surface area is 122 Å². The highest BCUT2D eigenvalue weighted by Gasteiger charge is 2.29. The number of nitriles is 1. The minimum absolute atomic E-state index is 0.138. The molecule has 108 valence electrons. The molecule has 1 aromatic rings. The number of hydrogen-bond donors (Lipinski definition) is 4. The highest BCUT2D eigenvalue weighted by molar-refractivity contribution is 6.45. The molecule has 0 unspecified atom stereocenters. The lowest BCUT2D eigenvalue weighted by Gasteiger charge is -2.32. The van der Waals surface area contributed by atoms with Crippen LogP contribution >= 0.6 is 0 Å². The number of fused-ring (bicyclic) bond motifs is 1. The van der Waals surface area contributed by atoms with Gasteiger partial charge in [-0.05, 0) is 38.0 Å². The monoisotopic (exact) mass is 284 g/mol. The minimum Gasteiger partial charge on any atom is -0.382 e. The first-order valence-electron chi connectivity index (χ1n) is 6.36. The molecule has 2 rings (SSSR count). The maximum absolute atomic E-state index is 12.1. The standard InChI is InChI=1S/C14H16N6O/c1-14(2)6-8-3-4-9(5-10(8)13(21)18-14)19-20-11(7-15)12(16)17/h3-5,19H,6H2,1-2H3,(H3,16,17)(H,18,21)/b20-11+. The predicted molar refractivity (Wildman–Crippen MR) is 80.3 cm³/mol. The molecular weight excluding hydrogens is 268 g/mol. The molecule has 0 aliphatic carbocycles. The molecule has 0 saturated carbocycles. The van der Waals surface area contributed by atoms with Crippen molar-refractivity contribution < 1.29 is 4.79 Å². The van der Waals surface area contributed by atoms with Crippen LogP contribution in [0.25, 0.3) is 0 Å². The van der Waals surface area contributed by atoms with Crippen molar-refractivity contribution in [2.45, 2.75) is 25.8 Å². The molecule has 1 aliphatic rings. The highest BCUT2D eigenvalue weighted by atomic mass is 16.1. The van der Waals surface area contributed by atoms with Gasteiger partial charge in [-0.25, -0.2) is 0 Å². The van der Waals surface area contributed by atoms with Gasteiger partial charge in [0.25, 0.3) is 5.91 Å². The number of nitrogens with two attached hydrogens (primary N) is 1. The highest BCUT2D eigenvalue weighted by Crippen LogP contribution is 2.25. The first-order chi connectivity index (χ1) is 9.82. The fourth-order valence-corrected chi connectivity index (χ4v) is 2.17. The Balaban J connectivity index is 2.27. The third-order valence-corrected chi connectivity index (χ3v) is 3.10. The second-order valence-electron chi connectivity index (χ2n) is 5.48. The van der Waals surface area contributed by atoms with E-state index in [9.17, 15) is 4.79 Å². The molecule has 0 bridgehead atoms. The van der Waals surface area contributed by atoms with Crippen LogP contribution in [0.1, 0.15) is 29.8 Å². The van der Waals surface area contributed by atoms with E-state index >= 15 is 0 Å². The Bertz CT molecular complexity index is 683. The summed E-state index contributed by atoms with van der Waals surface area (Å²) < 4.78 is 0. The third-order valence-electron chi connectivity index (χ3n) is 3.10. The van der Waals surface area contributed by atoms with Gasteiger partial charge < -0.3 is 11.1 Å². The number of benzene rings is 1.